The van der Waals surface area contributed by atoms with Crippen LogP contribution in [-0.2, 0) is 0 Å². The SMILES string of the molecule is Cc1nn(-c2ccccc2)c2sc(C(=O)NCC3(O)CCC3)cc12. The standard InChI is InChI=1S/C18H19N3O2S/c1-12-14-10-15(16(22)19-11-18(23)8-5-9-18)24-17(14)21(20-12)13-6-3-2-4-7-13/h2-4,6-7,10,23H,5,8-9,11H2,1H3,(H,19,22). The molecule has 4 rings (SSSR count). The highest BCUT2D eigenvalue weighted by Gasteiger charge is 2.34. The molecule has 0 atom stereocenters. The van der Waals surface area contributed by atoms with Crippen LogP contribution in [0.1, 0.15) is 34.6 Å². The molecule has 6 heteroatoms. The van der Waals surface area contributed by atoms with Crippen LogP contribution in [0.15, 0.2) is 36.4 Å². The van der Waals surface area contributed by atoms with Gasteiger partial charge in [-0.05, 0) is 44.4 Å². The molecule has 2 heterocycles. The first-order chi connectivity index (χ1) is 11.6. The van der Waals surface area contributed by atoms with Crippen molar-refractivity contribution in [2.75, 3.05) is 6.54 Å². The van der Waals surface area contributed by atoms with Crippen molar-refractivity contribution in [2.45, 2.75) is 31.8 Å². The van der Waals surface area contributed by atoms with E-state index in [1.54, 1.807) is 0 Å². The number of carbonyl (C=O) groups is 1. The minimum Gasteiger partial charge on any atom is -0.388 e. The number of nitrogens with one attached hydrogen (secondary N) is 1. The number of carbonyl (C=O) groups excluding carboxylic acids is 1. The summed E-state index contributed by atoms with van der Waals surface area (Å²) in [6.07, 6.45) is 2.56. The van der Waals surface area contributed by atoms with Gasteiger partial charge in [0, 0.05) is 11.9 Å². The van der Waals surface area contributed by atoms with Gasteiger partial charge in [-0.3, -0.25) is 4.79 Å². The Kier molecular flexibility index (Phi) is 3.66. The summed E-state index contributed by atoms with van der Waals surface area (Å²) in [6, 6.07) is 11.8. The Balaban J connectivity index is 1.62. The van der Waals surface area contributed by atoms with Crippen molar-refractivity contribution >= 4 is 27.5 Å². The van der Waals surface area contributed by atoms with Crippen LogP contribution in [-0.4, -0.2) is 32.9 Å². The Morgan fingerprint density at radius 1 is 1.38 bits per heavy atom. The van der Waals surface area contributed by atoms with Crippen molar-refractivity contribution in [3.63, 3.8) is 0 Å². The number of hydrogen-bond donors (Lipinski definition) is 2. The first-order valence-corrected chi connectivity index (χ1v) is 8.93. The summed E-state index contributed by atoms with van der Waals surface area (Å²) in [4.78, 5) is 14.0. The van der Waals surface area contributed by atoms with Crippen LogP contribution in [0.2, 0.25) is 0 Å². The highest BCUT2D eigenvalue weighted by Crippen LogP contribution is 2.32. The van der Waals surface area contributed by atoms with Gasteiger partial charge in [-0.25, -0.2) is 4.68 Å². The predicted octanol–water partition coefficient (Wildman–Crippen LogP) is 3.04. The Hall–Kier alpha value is -2.18. The van der Waals surface area contributed by atoms with E-state index in [1.807, 2.05) is 48.0 Å². The van der Waals surface area contributed by atoms with E-state index in [4.69, 9.17) is 0 Å². The highest BCUT2D eigenvalue weighted by atomic mass is 32.1. The Morgan fingerprint density at radius 2 is 2.12 bits per heavy atom. The van der Waals surface area contributed by atoms with Gasteiger partial charge in [-0.1, -0.05) is 18.2 Å². The van der Waals surface area contributed by atoms with E-state index >= 15 is 0 Å². The van der Waals surface area contributed by atoms with Gasteiger partial charge in [0.1, 0.15) is 4.83 Å². The lowest BCUT2D eigenvalue weighted by Crippen LogP contribution is -2.47. The largest absolute Gasteiger partial charge is 0.388 e. The lowest BCUT2D eigenvalue weighted by Gasteiger charge is -2.36. The lowest BCUT2D eigenvalue weighted by atomic mass is 9.80. The number of aryl methyl sites for hydroxylation is 1. The van der Waals surface area contributed by atoms with Gasteiger partial charge in [-0.15, -0.1) is 11.3 Å². The molecule has 0 bridgehead atoms. The topological polar surface area (TPSA) is 67.2 Å². The van der Waals surface area contributed by atoms with E-state index in [-0.39, 0.29) is 5.91 Å². The summed E-state index contributed by atoms with van der Waals surface area (Å²) in [5.41, 5.74) is 1.18. The number of aromatic nitrogens is 2. The Morgan fingerprint density at radius 3 is 2.79 bits per heavy atom. The zero-order valence-electron chi connectivity index (χ0n) is 13.5. The summed E-state index contributed by atoms with van der Waals surface area (Å²) in [5, 5.41) is 18.6. The molecule has 0 spiro atoms. The maximum Gasteiger partial charge on any atom is 0.261 e. The second-order valence-electron chi connectivity index (χ2n) is 6.42. The third-order valence-electron chi connectivity index (χ3n) is 4.63. The number of fused-ring (bicyclic) bond motifs is 1. The molecule has 2 aromatic heterocycles. The molecule has 2 N–H and O–H groups in total. The fraction of sp³-hybridized carbons (Fsp3) is 0.333. The second kappa shape index (κ2) is 5.72. The molecule has 0 radical (unpaired) electrons. The summed E-state index contributed by atoms with van der Waals surface area (Å²) in [5.74, 6) is -0.129. The number of aliphatic hydroxyl groups is 1. The van der Waals surface area contributed by atoms with Crippen LogP contribution < -0.4 is 5.32 Å². The van der Waals surface area contributed by atoms with Crippen LogP contribution in [0.3, 0.4) is 0 Å². The van der Waals surface area contributed by atoms with Gasteiger partial charge in [0.05, 0.1) is 21.9 Å². The molecule has 0 aliphatic heterocycles. The molecule has 0 unspecified atom stereocenters. The summed E-state index contributed by atoms with van der Waals surface area (Å²) >= 11 is 1.43. The summed E-state index contributed by atoms with van der Waals surface area (Å²) in [7, 11) is 0. The van der Waals surface area contributed by atoms with E-state index in [2.05, 4.69) is 10.4 Å². The van der Waals surface area contributed by atoms with Gasteiger partial charge < -0.3 is 10.4 Å². The van der Waals surface area contributed by atoms with Crippen LogP contribution in [0.25, 0.3) is 15.9 Å². The molecule has 1 amide bonds. The third kappa shape index (κ3) is 2.61. The number of amides is 1. The molecule has 1 aliphatic rings. The van der Waals surface area contributed by atoms with Gasteiger partial charge >= 0.3 is 0 Å². The van der Waals surface area contributed by atoms with Gasteiger partial charge in [-0.2, -0.15) is 5.10 Å². The quantitative estimate of drug-likeness (QED) is 0.766. The van der Waals surface area contributed by atoms with Crippen molar-refractivity contribution in [3.05, 3.63) is 47.0 Å². The first kappa shape index (κ1) is 15.4. The van der Waals surface area contributed by atoms with Crippen LogP contribution in [0.4, 0.5) is 0 Å². The lowest BCUT2D eigenvalue weighted by molar-refractivity contribution is -0.0300. The fourth-order valence-corrected chi connectivity index (χ4v) is 4.10. The highest BCUT2D eigenvalue weighted by molar-refractivity contribution is 7.20. The molecular weight excluding hydrogens is 322 g/mol. The normalized spacial score (nSPS) is 16.1. The number of benzene rings is 1. The molecule has 3 aromatic rings. The number of hydrogen-bond acceptors (Lipinski definition) is 4. The van der Waals surface area contributed by atoms with Crippen molar-refractivity contribution in [3.8, 4) is 5.69 Å². The number of thiophene rings is 1. The summed E-state index contributed by atoms with van der Waals surface area (Å²) in [6.45, 7) is 2.27. The van der Waals surface area contributed by atoms with Crippen molar-refractivity contribution in [2.24, 2.45) is 0 Å². The molecule has 1 fully saturated rings. The third-order valence-corrected chi connectivity index (χ3v) is 5.74. The molecular formula is C18H19N3O2S. The maximum absolute atomic E-state index is 12.4. The minimum atomic E-state index is -0.705. The number of rotatable bonds is 4. The van der Waals surface area contributed by atoms with E-state index in [0.29, 0.717) is 11.4 Å². The smallest absolute Gasteiger partial charge is 0.261 e. The number of nitrogens with zero attached hydrogens (tertiary/aromatic N) is 2. The van der Waals surface area contributed by atoms with Crippen LogP contribution in [0.5, 0.6) is 0 Å². The Labute approximate surface area is 143 Å². The van der Waals surface area contributed by atoms with Gasteiger partial charge in [0.2, 0.25) is 0 Å². The summed E-state index contributed by atoms with van der Waals surface area (Å²) < 4.78 is 1.88. The fourth-order valence-electron chi connectivity index (χ4n) is 3.00. The van der Waals surface area contributed by atoms with Crippen molar-refractivity contribution in [1.82, 2.24) is 15.1 Å². The van der Waals surface area contributed by atoms with E-state index < -0.39 is 5.60 Å². The molecule has 5 nitrogen and oxygen atoms in total. The molecule has 1 saturated carbocycles. The van der Waals surface area contributed by atoms with Crippen LogP contribution in [0, 0.1) is 6.92 Å². The van der Waals surface area contributed by atoms with E-state index in [0.717, 1.165) is 40.9 Å². The van der Waals surface area contributed by atoms with Crippen LogP contribution >= 0.6 is 11.3 Å². The minimum absolute atomic E-state index is 0.129. The zero-order valence-corrected chi connectivity index (χ0v) is 14.3. The van der Waals surface area contributed by atoms with Crippen molar-refractivity contribution < 1.29 is 9.90 Å². The van der Waals surface area contributed by atoms with E-state index in [9.17, 15) is 9.90 Å². The average Bonchev–Trinajstić information content (AvgIpc) is 3.13. The monoisotopic (exact) mass is 341 g/mol. The zero-order chi connectivity index (χ0) is 16.7. The average molecular weight is 341 g/mol. The molecule has 1 aromatic carbocycles. The number of para-hydroxylation sites is 1. The molecule has 24 heavy (non-hydrogen) atoms. The molecule has 0 saturated heterocycles. The van der Waals surface area contributed by atoms with Gasteiger partial charge in [0.25, 0.3) is 5.91 Å². The molecule has 124 valence electrons. The second-order valence-corrected chi connectivity index (χ2v) is 7.45. The molecule has 1 aliphatic carbocycles. The maximum atomic E-state index is 12.4. The predicted molar refractivity (Wildman–Crippen MR) is 94.8 cm³/mol. The van der Waals surface area contributed by atoms with Gasteiger partial charge in [0.15, 0.2) is 0 Å². The van der Waals surface area contributed by atoms with E-state index in [1.165, 1.54) is 11.3 Å². The first-order valence-electron chi connectivity index (χ1n) is 8.11. The van der Waals surface area contributed by atoms with Crippen molar-refractivity contribution in [1.29, 1.82) is 0 Å². The Bertz CT molecular complexity index is 894.